The summed E-state index contributed by atoms with van der Waals surface area (Å²) in [6.07, 6.45) is 1.91. The highest BCUT2D eigenvalue weighted by molar-refractivity contribution is 5.96. The van der Waals surface area contributed by atoms with Crippen molar-refractivity contribution in [2.45, 2.75) is 19.4 Å². The largest absolute Gasteiger partial charge is 0.348 e. The average molecular weight is 312 g/mol. The molecular formula is C18H17FN2O2. The van der Waals surface area contributed by atoms with E-state index in [1.165, 1.54) is 12.1 Å². The van der Waals surface area contributed by atoms with Crippen molar-refractivity contribution in [3.8, 4) is 0 Å². The van der Waals surface area contributed by atoms with E-state index in [4.69, 9.17) is 0 Å². The quantitative estimate of drug-likeness (QED) is 0.891. The van der Waals surface area contributed by atoms with Gasteiger partial charge in [-0.25, -0.2) is 4.39 Å². The molecule has 2 aromatic rings. The molecule has 2 aromatic carbocycles. The van der Waals surface area contributed by atoms with E-state index in [-0.39, 0.29) is 23.5 Å². The normalized spacial score (nSPS) is 13.4. The molecule has 0 radical (unpaired) electrons. The van der Waals surface area contributed by atoms with Crippen LogP contribution in [-0.2, 0) is 11.3 Å². The third-order valence-corrected chi connectivity index (χ3v) is 3.73. The SMILES string of the molecule is O=C(NCc1ccc(F)cc1)c1ccc(NC(=O)C2CC2)cc1. The van der Waals surface area contributed by atoms with Gasteiger partial charge in [-0.2, -0.15) is 0 Å². The Morgan fingerprint density at radius 3 is 2.26 bits per heavy atom. The van der Waals surface area contributed by atoms with Gasteiger partial charge < -0.3 is 10.6 Å². The van der Waals surface area contributed by atoms with Crippen LogP contribution in [0.15, 0.2) is 48.5 Å². The van der Waals surface area contributed by atoms with Gasteiger partial charge in [0.2, 0.25) is 5.91 Å². The van der Waals surface area contributed by atoms with Gasteiger partial charge >= 0.3 is 0 Å². The molecule has 0 atom stereocenters. The summed E-state index contributed by atoms with van der Waals surface area (Å²) in [5, 5.41) is 5.60. The Hall–Kier alpha value is -2.69. The number of rotatable bonds is 5. The van der Waals surface area contributed by atoms with Crippen molar-refractivity contribution in [3.63, 3.8) is 0 Å². The lowest BCUT2D eigenvalue weighted by atomic mass is 10.1. The number of hydrogen-bond acceptors (Lipinski definition) is 2. The Labute approximate surface area is 133 Å². The van der Waals surface area contributed by atoms with Crippen molar-refractivity contribution in [1.82, 2.24) is 5.32 Å². The maximum atomic E-state index is 12.8. The number of anilines is 1. The number of benzene rings is 2. The molecular weight excluding hydrogens is 295 g/mol. The summed E-state index contributed by atoms with van der Waals surface area (Å²) in [6, 6.07) is 12.8. The molecule has 1 saturated carbocycles. The zero-order chi connectivity index (χ0) is 16.2. The first-order chi connectivity index (χ1) is 11.1. The molecule has 0 unspecified atom stereocenters. The van der Waals surface area contributed by atoms with E-state index in [1.807, 2.05) is 0 Å². The maximum absolute atomic E-state index is 12.8. The van der Waals surface area contributed by atoms with Crippen LogP contribution in [0.5, 0.6) is 0 Å². The summed E-state index contributed by atoms with van der Waals surface area (Å²) in [6.45, 7) is 0.333. The number of carbonyl (C=O) groups excluding carboxylic acids is 2. The molecule has 5 heteroatoms. The molecule has 118 valence electrons. The summed E-state index contributed by atoms with van der Waals surface area (Å²) >= 11 is 0. The maximum Gasteiger partial charge on any atom is 0.251 e. The number of carbonyl (C=O) groups is 2. The molecule has 2 amide bonds. The summed E-state index contributed by atoms with van der Waals surface area (Å²) in [5.74, 6) is -0.328. The van der Waals surface area contributed by atoms with Crippen LogP contribution >= 0.6 is 0 Å². The van der Waals surface area contributed by atoms with Crippen molar-refractivity contribution in [1.29, 1.82) is 0 Å². The monoisotopic (exact) mass is 312 g/mol. The number of amides is 2. The molecule has 2 N–H and O–H groups in total. The Morgan fingerprint density at radius 2 is 1.65 bits per heavy atom. The summed E-state index contributed by atoms with van der Waals surface area (Å²) in [7, 11) is 0. The summed E-state index contributed by atoms with van der Waals surface area (Å²) in [5.41, 5.74) is 2.03. The highest BCUT2D eigenvalue weighted by atomic mass is 19.1. The van der Waals surface area contributed by atoms with Gasteiger partial charge in [-0.15, -0.1) is 0 Å². The van der Waals surface area contributed by atoms with Crippen LogP contribution < -0.4 is 10.6 Å². The topological polar surface area (TPSA) is 58.2 Å². The molecule has 1 aliphatic rings. The molecule has 0 spiro atoms. The molecule has 1 fully saturated rings. The van der Waals surface area contributed by atoms with Crippen molar-refractivity contribution in [2.24, 2.45) is 5.92 Å². The molecule has 0 aliphatic heterocycles. The zero-order valence-corrected chi connectivity index (χ0v) is 12.5. The van der Waals surface area contributed by atoms with E-state index in [2.05, 4.69) is 10.6 Å². The first kappa shape index (κ1) is 15.2. The first-order valence-corrected chi connectivity index (χ1v) is 7.55. The Balaban J connectivity index is 1.54. The fourth-order valence-corrected chi connectivity index (χ4v) is 2.18. The van der Waals surface area contributed by atoms with Crippen molar-refractivity contribution in [2.75, 3.05) is 5.32 Å². The minimum Gasteiger partial charge on any atom is -0.348 e. The van der Waals surface area contributed by atoms with E-state index >= 15 is 0 Å². The molecule has 0 saturated heterocycles. The fraction of sp³-hybridized carbons (Fsp3) is 0.222. The lowest BCUT2D eigenvalue weighted by Crippen LogP contribution is -2.22. The molecule has 23 heavy (non-hydrogen) atoms. The number of halogens is 1. The number of hydrogen-bond donors (Lipinski definition) is 2. The molecule has 4 nitrogen and oxygen atoms in total. The molecule has 0 heterocycles. The van der Waals surface area contributed by atoms with Crippen molar-refractivity contribution >= 4 is 17.5 Å². The molecule has 3 rings (SSSR count). The first-order valence-electron chi connectivity index (χ1n) is 7.55. The highest BCUT2D eigenvalue weighted by Gasteiger charge is 2.29. The van der Waals surface area contributed by atoms with E-state index in [0.717, 1.165) is 18.4 Å². The van der Waals surface area contributed by atoms with E-state index < -0.39 is 0 Å². The van der Waals surface area contributed by atoms with Crippen LogP contribution in [0.4, 0.5) is 10.1 Å². The van der Waals surface area contributed by atoms with E-state index in [1.54, 1.807) is 36.4 Å². The Morgan fingerprint density at radius 1 is 1.00 bits per heavy atom. The number of nitrogens with one attached hydrogen (secondary N) is 2. The third kappa shape index (κ3) is 4.16. The molecule has 0 bridgehead atoms. The van der Waals surface area contributed by atoms with E-state index in [0.29, 0.717) is 17.8 Å². The second-order valence-electron chi connectivity index (χ2n) is 5.65. The molecule has 0 aromatic heterocycles. The lowest BCUT2D eigenvalue weighted by Gasteiger charge is -2.07. The fourth-order valence-electron chi connectivity index (χ4n) is 2.18. The predicted octanol–water partition coefficient (Wildman–Crippen LogP) is 3.10. The van der Waals surface area contributed by atoms with Crippen LogP contribution in [0.2, 0.25) is 0 Å². The minimum atomic E-state index is -0.302. The average Bonchev–Trinajstić information content (AvgIpc) is 3.40. The lowest BCUT2D eigenvalue weighted by molar-refractivity contribution is -0.117. The van der Waals surface area contributed by atoms with Gasteiger partial charge in [0.05, 0.1) is 0 Å². The standard InChI is InChI=1S/C18H17FN2O2/c19-15-7-1-12(2-8-15)11-20-17(22)13-5-9-16(10-6-13)21-18(23)14-3-4-14/h1-2,5-10,14H,3-4,11H2,(H,20,22)(H,21,23). The van der Waals surface area contributed by atoms with Gasteiger partial charge in [0.1, 0.15) is 5.82 Å². The van der Waals surface area contributed by atoms with Gasteiger partial charge in [-0.05, 0) is 54.8 Å². The zero-order valence-electron chi connectivity index (χ0n) is 12.5. The van der Waals surface area contributed by atoms with Crippen LogP contribution in [0.1, 0.15) is 28.8 Å². The van der Waals surface area contributed by atoms with Gasteiger partial charge in [0.25, 0.3) is 5.91 Å². The van der Waals surface area contributed by atoms with E-state index in [9.17, 15) is 14.0 Å². The Kier molecular flexibility index (Phi) is 4.37. The van der Waals surface area contributed by atoms with Gasteiger partial charge in [-0.1, -0.05) is 12.1 Å². The smallest absolute Gasteiger partial charge is 0.251 e. The summed E-state index contributed by atoms with van der Waals surface area (Å²) < 4.78 is 12.8. The van der Waals surface area contributed by atoms with Crippen LogP contribution in [-0.4, -0.2) is 11.8 Å². The highest BCUT2D eigenvalue weighted by Crippen LogP contribution is 2.30. The molecule has 1 aliphatic carbocycles. The minimum absolute atomic E-state index is 0.0403. The Bertz CT molecular complexity index is 707. The van der Waals surface area contributed by atoms with Crippen LogP contribution in [0, 0.1) is 11.7 Å². The van der Waals surface area contributed by atoms with Gasteiger partial charge in [-0.3, -0.25) is 9.59 Å². The van der Waals surface area contributed by atoms with Crippen molar-refractivity contribution in [3.05, 3.63) is 65.5 Å². The van der Waals surface area contributed by atoms with Crippen LogP contribution in [0.25, 0.3) is 0 Å². The third-order valence-electron chi connectivity index (χ3n) is 3.73. The second kappa shape index (κ2) is 6.60. The van der Waals surface area contributed by atoms with Gasteiger partial charge in [0, 0.05) is 23.7 Å². The second-order valence-corrected chi connectivity index (χ2v) is 5.65. The predicted molar refractivity (Wildman–Crippen MR) is 85.4 cm³/mol. The summed E-state index contributed by atoms with van der Waals surface area (Å²) in [4.78, 5) is 23.7. The van der Waals surface area contributed by atoms with Gasteiger partial charge in [0.15, 0.2) is 0 Å². The van der Waals surface area contributed by atoms with Crippen LogP contribution in [0.3, 0.4) is 0 Å². The van der Waals surface area contributed by atoms with Crippen molar-refractivity contribution < 1.29 is 14.0 Å².